The van der Waals surface area contributed by atoms with Gasteiger partial charge in [-0.2, -0.15) is 0 Å². The van der Waals surface area contributed by atoms with Crippen molar-refractivity contribution in [1.82, 2.24) is 5.32 Å². The van der Waals surface area contributed by atoms with E-state index >= 15 is 0 Å². The molecule has 0 bridgehead atoms. The van der Waals surface area contributed by atoms with Crippen molar-refractivity contribution < 1.29 is 17.9 Å². The monoisotopic (exact) mass is 347 g/mol. The summed E-state index contributed by atoms with van der Waals surface area (Å²) in [6.07, 6.45) is -0.0679. The standard InChI is InChI=1S/C18H21NO4S/c1-15-7-9-17(10-8-15)24(21,22)14-11-18(20)19-12-13-23-16-5-3-2-4-6-16/h2-10H,11-14H2,1H3,(H,19,20). The summed E-state index contributed by atoms with van der Waals surface area (Å²) in [5.74, 6) is 0.220. The second kappa shape index (κ2) is 8.49. The highest BCUT2D eigenvalue weighted by Crippen LogP contribution is 2.13. The van der Waals surface area contributed by atoms with Crippen molar-refractivity contribution >= 4 is 15.7 Å². The first-order valence-corrected chi connectivity index (χ1v) is 9.36. The molecule has 24 heavy (non-hydrogen) atoms. The van der Waals surface area contributed by atoms with Crippen LogP contribution < -0.4 is 10.1 Å². The Morgan fingerprint density at radius 2 is 1.71 bits per heavy atom. The van der Waals surface area contributed by atoms with E-state index in [4.69, 9.17) is 4.74 Å². The summed E-state index contributed by atoms with van der Waals surface area (Å²) in [7, 11) is -3.44. The molecule has 0 unspecified atom stereocenters. The molecule has 5 nitrogen and oxygen atoms in total. The Morgan fingerprint density at radius 3 is 2.38 bits per heavy atom. The third-order valence-corrected chi connectivity index (χ3v) is 5.15. The Balaban J connectivity index is 1.71. The minimum Gasteiger partial charge on any atom is -0.492 e. The van der Waals surface area contributed by atoms with E-state index in [0.29, 0.717) is 13.2 Å². The molecular weight excluding hydrogens is 326 g/mol. The number of amides is 1. The van der Waals surface area contributed by atoms with E-state index in [-0.39, 0.29) is 23.0 Å². The summed E-state index contributed by atoms with van der Waals surface area (Å²) in [6, 6.07) is 15.9. The van der Waals surface area contributed by atoms with Crippen LogP contribution in [0.4, 0.5) is 0 Å². The third-order valence-electron chi connectivity index (χ3n) is 3.41. The number of carbonyl (C=O) groups excluding carboxylic acids is 1. The number of benzene rings is 2. The Bertz CT molecular complexity index is 755. The lowest BCUT2D eigenvalue weighted by Crippen LogP contribution is -2.29. The fraction of sp³-hybridized carbons (Fsp3) is 0.278. The van der Waals surface area contributed by atoms with E-state index in [1.165, 1.54) is 0 Å². The van der Waals surface area contributed by atoms with Gasteiger partial charge in [-0.25, -0.2) is 8.42 Å². The van der Waals surface area contributed by atoms with Crippen LogP contribution in [0.3, 0.4) is 0 Å². The van der Waals surface area contributed by atoms with Gasteiger partial charge in [0.1, 0.15) is 12.4 Å². The smallest absolute Gasteiger partial charge is 0.221 e. The minimum absolute atomic E-state index is 0.0679. The van der Waals surface area contributed by atoms with Crippen LogP contribution in [0.15, 0.2) is 59.5 Å². The third kappa shape index (κ3) is 5.70. The van der Waals surface area contributed by atoms with Crippen LogP contribution in [0.1, 0.15) is 12.0 Å². The van der Waals surface area contributed by atoms with Crippen molar-refractivity contribution in [3.05, 3.63) is 60.2 Å². The number of ether oxygens (including phenoxy) is 1. The molecule has 1 amide bonds. The lowest BCUT2D eigenvalue weighted by Gasteiger charge is -2.08. The van der Waals surface area contributed by atoms with Gasteiger partial charge in [0, 0.05) is 6.42 Å². The maximum atomic E-state index is 12.2. The number of nitrogens with one attached hydrogen (secondary N) is 1. The van der Waals surface area contributed by atoms with Gasteiger partial charge in [-0.05, 0) is 31.2 Å². The first-order chi connectivity index (χ1) is 11.5. The average molecular weight is 347 g/mol. The summed E-state index contributed by atoms with van der Waals surface area (Å²) in [6.45, 7) is 2.56. The number of hydrogen-bond acceptors (Lipinski definition) is 4. The summed E-state index contributed by atoms with van der Waals surface area (Å²) in [5.41, 5.74) is 0.991. The quantitative estimate of drug-likeness (QED) is 0.744. The van der Waals surface area contributed by atoms with Crippen LogP contribution in [0.5, 0.6) is 5.75 Å². The molecule has 128 valence electrons. The minimum atomic E-state index is -3.44. The number of para-hydroxylation sites is 1. The Morgan fingerprint density at radius 1 is 1.04 bits per heavy atom. The second-order valence-corrected chi connectivity index (χ2v) is 7.50. The fourth-order valence-electron chi connectivity index (χ4n) is 2.05. The van der Waals surface area contributed by atoms with Crippen LogP contribution in [0.2, 0.25) is 0 Å². The Hall–Kier alpha value is -2.34. The largest absolute Gasteiger partial charge is 0.492 e. The van der Waals surface area contributed by atoms with Gasteiger partial charge in [0.15, 0.2) is 9.84 Å². The van der Waals surface area contributed by atoms with Gasteiger partial charge < -0.3 is 10.1 Å². The molecule has 2 aromatic rings. The van der Waals surface area contributed by atoms with Crippen LogP contribution in [-0.4, -0.2) is 33.2 Å². The molecule has 0 aliphatic rings. The van der Waals surface area contributed by atoms with Gasteiger partial charge in [0.25, 0.3) is 0 Å². The van der Waals surface area contributed by atoms with Crippen molar-refractivity contribution in [1.29, 1.82) is 0 Å². The Labute approximate surface area is 142 Å². The molecule has 0 aromatic heterocycles. The predicted molar refractivity (Wildman–Crippen MR) is 92.8 cm³/mol. The first kappa shape index (κ1) is 18.0. The molecule has 0 spiro atoms. The van der Waals surface area contributed by atoms with E-state index in [2.05, 4.69) is 5.32 Å². The van der Waals surface area contributed by atoms with Crippen molar-refractivity contribution in [2.24, 2.45) is 0 Å². The molecule has 1 N–H and O–H groups in total. The predicted octanol–water partition coefficient (Wildman–Crippen LogP) is 2.35. The molecule has 0 radical (unpaired) electrons. The van der Waals surface area contributed by atoms with Crippen LogP contribution in [-0.2, 0) is 14.6 Å². The second-order valence-electron chi connectivity index (χ2n) is 5.39. The molecule has 0 saturated carbocycles. The van der Waals surface area contributed by atoms with Gasteiger partial charge in [-0.15, -0.1) is 0 Å². The first-order valence-electron chi connectivity index (χ1n) is 7.71. The molecule has 0 heterocycles. The fourth-order valence-corrected chi connectivity index (χ4v) is 3.30. The SMILES string of the molecule is Cc1ccc(S(=O)(=O)CCC(=O)NCCOc2ccccc2)cc1. The summed E-state index contributed by atoms with van der Waals surface area (Å²) >= 11 is 0. The van der Waals surface area contributed by atoms with E-state index in [1.54, 1.807) is 24.3 Å². The van der Waals surface area contributed by atoms with E-state index < -0.39 is 9.84 Å². The molecule has 0 atom stereocenters. The molecule has 2 rings (SSSR count). The highest BCUT2D eigenvalue weighted by atomic mass is 32.2. The topological polar surface area (TPSA) is 72.5 Å². The maximum absolute atomic E-state index is 12.2. The number of sulfone groups is 1. The zero-order valence-electron chi connectivity index (χ0n) is 13.6. The number of hydrogen-bond donors (Lipinski definition) is 1. The lowest BCUT2D eigenvalue weighted by molar-refractivity contribution is -0.120. The maximum Gasteiger partial charge on any atom is 0.221 e. The number of rotatable bonds is 8. The van der Waals surface area contributed by atoms with Gasteiger partial charge in [0.05, 0.1) is 17.2 Å². The lowest BCUT2D eigenvalue weighted by atomic mass is 10.2. The average Bonchev–Trinajstić information content (AvgIpc) is 2.58. The highest BCUT2D eigenvalue weighted by Gasteiger charge is 2.16. The van der Waals surface area contributed by atoms with Crippen LogP contribution in [0, 0.1) is 6.92 Å². The van der Waals surface area contributed by atoms with Gasteiger partial charge in [-0.3, -0.25) is 4.79 Å². The van der Waals surface area contributed by atoms with Gasteiger partial charge >= 0.3 is 0 Å². The van der Waals surface area contributed by atoms with E-state index in [0.717, 1.165) is 11.3 Å². The number of carbonyl (C=O) groups is 1. The Kier molecular flexibility index (Phi) is 6.37. The summed E-state index contributed by atoms with van der Waals surface area (Å²) in [5, 5.41) is 2.66. The van der Waals surface area contributed by atoms with Crippen molar-refractivity contribution in [2.75, 3.05) is 18.9 Å². The van der Waals surface area contributed by atoms with E-state index in [9.17, 15) is 13.2 Å². The zero-order valence-corrected chi connectivity index (χ0v) is 14.4. The molecule has 0 aliphatic heterocycles. The summed E-state index contributed by atoms with van der Waals surface area (Å²) in [4.78, 5) is 12.0. The van der Waals surface area contributed by atoms with Gasteiger partial charge in [-0.1, -0.05) is 35.9 Å². The van der Waals surface area contributed by atoms with E-state index in [1.807, 2.05) is 37.3 Å². The molecular formula is C18H21NO4S. The summed E-state index contributed by atoms with van der Waals surface area (Å²) < 4.78 is 29.8. The number of aryl methyl sites for hydroxylation is 1. The van der Waals surface area contributed by atoms with Gasteiger partial charge in [0.2, 0.25) is 5.91 Å². The van der Waals surface area contributed by atoms with Crippen molar-refractivity contribution in [3.8, 4) is 5.75 Å². The van der Waals surface area contributed by atoms with Crippen molar-refractivity contribution in [2.45, 2.75) is 18.2 Å². The van der Waals surface area contributed by atoms with Crippen molar-refractivity contribution in [3.63, 3.8) is 0 Å². The zero-order chi connectivity index (χ0) is 17.4. The molecule has 6 heteroatoms. The highest BCUT2D eigenvalue weighted by molar-refractivity contribution is 7.91. The van der Waals surface area contributed by atoms with Crippen LogP contribution in [0.25, 0.3) is 0 Å². The molecule has 0 fully saturated rings. The molecule has 2 aromatic carbocycles. The molecule has 0 saturated heterocycles. The normalized spacial score (nSPS) is 11.0. The molecule has 0 aliphatic carbocycles. The van der Waals surface area contributed by atoms with Crippen LogP contribution >= 0.6 is 0 Å².